The monoisotopic (exact) mass is 282 g/mol. The molecule has 0 spiro atoms. The number of furan rings is 2. The van der Waals surface area contributed by atoms with Crippen molar-refractivity contribution in [2.75, 3.05) is 0 Å². The molecule has 8 heteroatoms. The van der Waals surface area contributed by atoms with Gasteiger partial charge in [0.15, 0.2) is 12.0 Å². The van der Waals surface area contributed by atoms with Gasteiger partial charge in [-0.3, -0.25) is 4.79 Å². The van der Waals surface area contributed by atoms with Gasteiger partial charge in [-0.05, 0) is 24.3 Å². The summed E-state index contributed by atoms with van der Waals surface area (Å²) >= 11 is 0. The lowest BCUT2D eigenvalue weighted by molar-refractivity contribution is 0.0631. The molecule has 0 aliphatic carbocycles. The summed E-state index contributed by atoms with van der Waals surface area (Å²) < 4.78 is 9.17. The number of aliphatic hydroxyl groups excluding tert-OH is 1. The molecule has 3 N–H and O–H groups in total. The number of rotatable bonds is 4. The van der Waals surface area contributed by atoms with Crippen LogP contribution in [0.5, 0.6) is 0 Å². The summed E-state index contributed by atoms with van der Waals surface area (Å²) in [7, 11) is 0. The molecule has 0 atom stereocenters. The number of carbonyl (C=O) groups excluding carboxylic acids is 1. The van der Waals surface area contributed by atoms with E-state index in [1.165, 1.54) is 6.07 Å². The number of aromatic carboxylic acids is 2. The van der Waals surface area contributed by atoms with Gasteiger partial charge in [-0.15, -0.1) is 0 Å². The summed E-state index contributed by atoms with van der Waals surface area (Å²) in [5.41, 5.74) is 0. The third kappa shape index (κ3) is 4.10. The summed E-state index contributed by atoms with van der Waals surface area (Å²) in [6, 6.07) is 5.25. The Kier molecular flexibility index (Phi) is 5.24. The van der Waals surface area contributed by atoms with E-state index < -0.39 is 11.9 Å². The Labute approximate surface area is 111 Å². The van der Waals surface area contributed by atoms with E-state index in [0.717, 1.165) is 12.1 Å². The molecule has 0 aliphatic rings. The maximum atomic E-state index is 10.2. The van der Waals surface area contributed by atoms with Crippen LogP contribution in [-0.4, -0.2) is 33.5 Å². The minimum absolute atomic E-state index is 0.159. The summed E-state index contributed by atoms with van der Waals surface area (Å²) in [4.78, 5) is 30.3. The Balaban J connectivity index is 0.000000204. The molecule has 8 nitrogen and oxygen atoms in total. The molecule has 0 bridgehead atoms. The highest BCUT2D eigenvalue weighted by atomic mass is 16.4. The standard InChI is InChI=1S/C6H4O5.C6H6O3/c7-5(8)3-1-2-4(11-3)6(9)10;7-3-5-1-2-6(4-8)9-5/h1-2H,(H,7,8)(H,9,10);1-3,8H,4H2. The van der Waals surface area contributed by atoms with Crippen LogP contribution in [0.4, 0.5) is 0 Å². The van der Waals surface area contributed by atoms with Crippen molar-refractivity contribution in [3.05, 3.63) is 47.3 Å². The van der Waals surface area contributed by atoms with Crippen molar-refractivity contribution in [3.63, 3.8) is 0 Å². The van der Waals surface area contributed by atoms with Gasteiger partial charge in [-0.25, -0.2) is 9.59 Å². The number of aliphatic hydroxyl groups is 1. The van der Waals surface area contributed by atoms with Crippen molar-refractivity contribution < 1.29 is 38.5 Å². The predicted octanol–water partition coefficient (Wildman–Crippen LogP) is 1.26. The molecule has 0 aliphatic heterocycles. The number of carbonyl (C=O) groups is 3. The molecule has 2 rings (SSSR count). The molecule has 0 fully saturated rings. The molecule has 2 aromatic heterocycles. The van der Waals surface area contributed by atoms with E-state index >= 15 is 0 Å². The normalized spacial score (nSPS) is 9.45. The fourth-order valence-corrected chi connectivity index (χ4v) is 1.11. The molecule has 2 aromatic rings. The van der Waals surface area contributed by atoms with Crippen molar-refractivity contribution in [1.29, 1.82) is 0 Å². The molecule has 0 amide bonds. The van der Waals surface area contributed by atoms with Crippen LogP contribution in [0.15, 0.2) is 33.1 Å². The molecule has 20 heavy (non-hydrogen) atoms. The molecular formula is C12H10O8. The number of hydrogen-bond acceptors (Lipinski definition) is 6. The SMILES string of the molecule is O=C(O)c1ccc(C(=O)O)o1.O=Cc1ccc(CO)o1. The van der Waals surface area contributed by atoms with Crippen LogP contribution in [-0.2, 0) is 6.61 Å². The van der Waals surface area contributed by atoms with Crippen molar-refractivity contribution >= 4 is 18.2 Å². The summed E-state index contributed by atoms with van der Waals surface area (Å²) in [5, 5.41) is 25.0. The van der Waals surface area contributed by atoms with Gasteiger partial charge in [0, 0.05) is 0 Å². The molecule has 0 aromatic carbocycles. The van der Waals surface area contributed by atoms with Gasteiger partial charge in [0.2, 0.25) is 11.5 Å². The lowest BCUT2D eigenvalue weighted by Gasteiger charge is -1.84. The third-order valence-electron chi connectivity index (χ3n) is 1.98. The second-order valence-corrected chi connectivity index (χ2v) is 3.35. The average Bonchev–Trinajstić information content (AvgIpc) is 3.08. The van der Waals surface area contributed by atoms with Crippen LogP contribution in [0.3, 0.4) is 0 Å². The largest absolute Gasteiger partial charge is 0.475 e. The van der Waals surface area contributed by atoms with Crippen LogP contribution in [0.2, 0.25) is 0 Å². The zero-order chi connectivity index (χ0) is 15.1. The zero-order valence-electron chi connectivity index (χ0n) is 9.98. The highest BCUT2D eigenvalue weighted by Crippen LogP contribution is 2.07. The van der Waals surface area contributed by atoms with Gasteiger partial charge in [-0.1, -0.05) is 0 Å². The maximum absolute atomic E-state index is 10.2. The van der Waals surface area contributed by atoms with Crippen LogP contribution < -0.4 is 0 Å². The Bertz CT molecular complexity index is 578. The number of carboxylic acid groups (broad SMARTS) is 2. The van der Waals surface area contributed by atoms with E-state index in [0.29, 0.717) is 12.0 Å². The fraction of sp³-hybridized carbons (Fsp3) is 0.0833. The number of hydrogen-bond donors (Lipinski definition) is 3. The first kappa shape index (κ1) is 15.2. The lowest BCUT2D eigenvalue weighted by Crippen LogP contribution is -1.94. The minimum atomic E-state index is -1.28. The smallest absolute Gasteiger partial charge is 0.371 e. The van der Waals surface area contributed by atoms with Crippen molar-refractivity contribution in [3.8, 4) is 0 Å². The lowest BCUT2D eigenvalue weighted by atomic mass is 10.4. The first-order chi connectivity index (χ1) is 9.47. The second-order valence-electron chi connectivity index (χ2n) is 3.35. The highest BCUT2D eigenvalue weighted by Gasteiger charge is 2.12. The summed E-state index contributed by atoms with van der Waals surface area (Å²) in [6.07, 6.45) is 0.596. The molecular weight excluding hydrogens is 272 g/mol. The van der Waals surface area contributed by atoms with Crippen molar-refractivity contribution in [2.45, 2.75) is 6.61 Å². The van der Waals surface area contributed by atoms with Crippen molar-refractivity contribution in [1.82, 2.24) is 0 Å². The van der Waals surface area contributed by atoms with Gasteiger partial charge >= 0.3 is 11.9 Å². The van der Waals surface area contributed by atoms with Gasteiger partial charge in [0.25, 0.3) is 0 Å². The quantitative estimate of drug-likeness (QED) is 0.712. The fourth-order valence-electron chi connectivity index (χ4n) is 1.11. The topological polar surface area (TPSA) is 138 Å². The average molecular weight is 282 g/mol. The summed E-state index contributed by atoms with van der Waals surface area (Å²) in [6.45, 7) is -0.159. The van der Waals surface area contributed by atoms with E-state index in [1.54, 1.807) is 6.07 Å². The Morgan fingerprint density at radius 1 is 1.00 bits per heavy atom. The van der Waals surface area contributed by atoms with Crippen molar-refractivity contribution in [2.24, 2.45) is 0 Å². The molecule has 0 radical (unpaired) electrons. The van der Waals surface area contributed by atoms with Gasteiger partial charge in [-0.2, -0.15) is 0 Å². The second kappa shape index (κ2) is 6.90. The first-order valence-corrected chi connectivity index (χ1v) is 5.19. The Morgan fingerprint density at radius 3 is 1.80 bits per heavy atom. The zero-order valence-corrected chi connectivity index (χ0v) is 9.98. The minimum Gasteiger partial charge on any atom is -0.475 e. The van der Waals surface area contributed by atoms with E-state index in [1.807, 2.05) is 0 Å². The van der Waals surface area contributed by atoms with Gasteiger partial charge in [0.1, 0.15) is 12.4 Å². The molecule has 0 saturated carbocycles. The molecule has 106 valence electrons. The van der Waals surface area contributed by atoms with Gasteiger partial charge < -0.3 is 24.2 Å². The molecule has 0 unspecified atom stereocenters. The maximum Gasteiger partial charge on any atom is 0.371 e. The number of aldehydes is 1. The predicted molar refractivity (Wildman–Crippen MR) is 62.6 cm³/mol. The highest BCUT2D eigenvalue weighted by molar-refractivity contribution is 5.88. The Morgan fingerprint density at radius 2 is 1.55 bits per heavy atom. The first-order valence-electron chi connectivity index (χ1n) is 5.19. The molecule has 0 saturated heterocycles. The van der Waals surface area contributed by atoms with Crippen LogP contribution >= 0.6 is 0 Å². The van der Waals surface area contributed by atoms with E-state index in [4.69, 9.17) is 19.7 Å². The summed E-state index contributed by atoms with van der Waals surface area (Å²) in [5.74, 6) is -2.64. The third-order valence-corrected chi connectivity index (χ3v) is 1.98. The Hall–Kier alpha value is -2.87. The van der Waals surface area contributed by atoms with Gasteiger partial charge in [0.05, 0.1) is 0 Å². The van der Waals surface area contributed by atoms with Crippen LogP contribution in [0.1, 0.15) is 37.4 Å². The van der Waals surface area contributed by atoms with Crippen LogP contribution in [0.25, 0.3) is 0 Å². The number of carboxylic acids is 2. The van der Waals surface area contributed by atoms with E-state index in [9.17, 15) is 14.4 Å². The van der Waals surface area contributed by atoms with Crippen LogP contribution in [0, 0.1) is 0 Å². The van der Waals surface area contributed by atoms with E-state index in [2.05, 4.69) is 4.42 Å². The van der Waals surface area contributed by atoms with E-state index in [-0.39, 0.29) is 23.9 Å². The molecule has 2 heterocycles.